The van der Waals surface area contributed by atoms with Gasteiger partial charge in [0.25, 0.3) is 5.91 Å². The number of hydrogen-bond acceptors (Lipinski definition) is 3. The summed E-state index contributed by atoms with van der Waals surface area (Å²) in [6.07, 6.45) is -3.20. The van der Waals surface area contributed by atoms with Crippen molar-refractivity contribution in [1.82, 2.24) is 0 Å². The number of amides is 1. The number of para-hydroxylation sites is 1. The minimum Gasteiger partial charge on any atom is -0.488 e. The monoisotopic (exact) mass is 422 g/mol. The fourth-order valence-corrected chi connectivity index (χ4v) is 2.74. The number of carbonyl (C=O) groups is 1. The van der Waals surface area contributed by atoms with Crippen LogP contribution >= 0.6 is 0 Å². The highest BCUT2D eigenvalue weighted by Crippen LogP contribution is 2.31. The molecule has 0 unspecified atom stereocenters. The van der Waals surface area contributed by atoms with E-state index in [1.807, 2.05) is 30.3 Å². The van der Waals surface area contributed by atoms with E-state index >= 15 is 0 Å². The van der Waals surface area contributed by atoms with Gasteiger partial charge in [0.2, 0.25) is 0 Å². The van der Waals surface area contributed by atoms with E-state index in [2.05, 4.69) is 5.32 Å². The van der Waals surface area contributed by atoms with Crippen molar-refractivity contribution >= 4 is 17.7 Å². The Morgan fingerprint density at radius 1 is 1.00 bits per heavy atom. The van der Waals surface area contributed by atoms with Gasteiger partial charge in [-0.1, -0.05) is 54.6 Å². The van der Waals surface area contributed by atoms with Crippen LogP contribution in [0, 0.1) is 11.3 Å². The van der Waals surface area contributed by atoms with Gasteiger partial charge in [-0.25, -0.2) is 0 Å². The van der Waals surface area contributed by atoms with Gasteiger partial charge in [0.1, 0.15) is 24.0 Å². The first-order valence-corrected chi connectivity index (χ1v) is 9.23. The van der Waals surface area contributed by atoms with Crippen molar-refractivity contribution in [3.63, 3.8) is 0 Å². The zero-order chi connectivity index (χ0) is 22.3. The van der Waals surface area contributed by atoms with Crippen LogP contribution in [0.4, 0.5) is 18.9 Å². The van der Waals surface area contributed by atoms with Crippen LogP contribution < -0.4 is 10.1 Å². The van der Waals surface area contributed by atoms with Crippen molar-refractivity contribution in [2.24, 2.45) is 0 Å². The van der Waals surface area contributed by atoms with Gasteiger partial charge in [-0.3, -0.25) is 4.79 Å². The Labute approximate surface area is 177 Å². The van der Waals surface area contributed by atoms with Gasteiger partial charge in [-0.15, -0.1) is 0 Å². The molecule has 0 spiro atoms. The molecule has 3 aromatic carbocycles. The van der Waals surface area contributed by atoms with Crippen molar-refractivity contribution in [1.29, 1.82) is 5.26 Å². The zero-order valence-electron chi connectivity index (χ0n) is 16.2. The Bertz CT molecular complexity index is 1130. The highest BCUT2D eigenvalue weighted by atomic mass is 19.4. The molecule has 0 aliphatic heterocycles. The summed E-state index contributed by atoms with van der Waals surface area (Å²) in [6, 6.07) is 22.3. The second kappa shape index (κ2) is 9.63. The third kappa shape index (κ3) is 5.97. The van der Waals surface area contributed by atoms with Crippen LogP contribution in [0.2, 0.25) is 0 Å². The molecule has 0 saturated carbocycles. The minimum atomic E-state index is -4.54. The van der Waals surface area contributed by atoms with Crippen molar-refractivity contribution < 1.29 is 22.7 Å². The van der Waals surface area contributed by atoms with Gasteiger partial charge in [0.05, 0.1) is 5.56 Å². The summed E-state index contributed by atoms with van der Waals surface area (Å²) in [6.45, 7) is 0.296. The number of rotatable bonds is 6. The molecule has 0 atom stereocenters. The topological polar surface area (TPSA) is 62.1 Å². The number of nitrogens with one attached hydrogen (secondary N) is 1. The van der Waals surface area contributed by atoms with Crippen LogP contribution in [0.1, 0.15) is 16.7 Å². The van der Waals surface area contributed by atoms with E-state index in [4.69, 9.17) is 4.74 Å². The molecule has 31 heavy (non-hydrogen) atoms. The molecule has 0 saturated heterocycles. The minimum absolute atomic E-state index is 0.0606. The molecule has 4 nitrogen and oxygen atoms in total. The van der Waals surface area contributed by atoms with E-state index in [1.165, 1.54) is 18.2 Å². The van der Waals surface area contributed by atoms with Crippen LogP contribution in [-0.4, -0.2) is 5.91 Å². The number of carbonyl (C=O) groups excluding carboxylic acids is 1. The largest absolute Gasteiger partial charge is 0.488 e. The van der Waals surface area contributed by atoms with E-state index in [0.29, 0.717) is 17.9 Å². The quantitative estimate of drug-likeness (QED) is 0.402. The van der Waals surface area contributed by atoms with Crippen molar-refractivity contribution in [2.45, 2.75) is 12.8 Å². The van der Waals surface area contributed by atoms with Crippen LogP contribution in [0.5, 0.6) is 5.75 Å². The third-order valence-corrected chi connectivity index (χ3v) is 4.27. The van der Waals surface area contributed by atoms with Crippen LogP contribution in [0.25, 0.3) is 6.08 Å². The van der Waals surface area contributed by atoms with E-state index in [-0.39, 0.29) is 11.3 Å². The number of nitrogens with zero attached hydrogens (tertiary/aromatic N) is 1. The lowest BCUT2D eigenvalue weighted by atomic mass is 10.1. The van der Waals surface area contributed by atoms with Crippen LogP contribution in [0.3, 0.4) is 0 Å². The Balaban J connectivity index is 1.79. The number of ether oxygens (including phenoxy) is 1. The standard InChI is InChI=1S/C24H17F3N2O2/c25-24(26,27)20-10-6-11-21(14-20)29-23(30)19(15-28)13-18-9-4-5-12-22(18)31-16-17-7-2-1-3-8-17/h1-14H,16H2,(H,29,30)/b19-13+. The number of hydrogen-bond donors (Lipinski definition) is 1. The SMILES string of the molecule is N#C/C(=C\c1ccccc1OCc1ccccc1)C(=O)Nc1cccc(C(F)(F)F)c1. The lowest BCUT2D eigenvalue weighted by molar-refractivity contribution is -0.137. The molecule has 0 aromatic heterocycles. The summed E-state index contributed by atoms with van der Waals surface area (Å²) < 4.78 is 44.4. The Hall–Kier alpha value is -4.05. The molecule has 0 aliphatic rings. The molecule has 1 N–H and O–H groups in total. The van der Waals surface area contributed by atoms with E-state index < -0.39 is 17.6 Å². The van der Waals surface area contributed by atoms with E-state index in [0.717, 1.165) is 17.7 Å². The molecule has 0 bridgehead atoms. The third-order valence-electron chi connectivity index (χ3n) is 4.27. The summed E-state index contributed by atoms with van der Waals surface area (Å²) >= 11 is 0. The lowest BCUT2D eigenvalue weighted by Gasteiger charge is -2.11. The average molecular weight is 422 g/mol. The summed E-state index contributed by atoms with van der Waals surface area (Å²) in [5.74, 6) is -0.356. The van der Waals surface area contributed by atoms with Crippen molar-refractivity contribution in [3.8, 4) is 11.8 Å². The van der Waals surface area contributed by atoms with Crippen molar-refractivity contribution in [2.75, 3.05) is 5.32 Å². The second-order valence-electron chi connectivity index (χ2n) is 6.51. The predicted octanol–water partition coefficient (Wildman–Crippen LogP) is 5.83. The van der Waals surface area contributed by atoms with Gasteiger partial charge in [-0.2, -0.15) is 18.4 Å². The first kappa shape index (κ1) is 21.7. The molecular formula is C24H17F3N2O2. The number of halogens is 3. The smallest absolute Gasteiger partial charge is 0.416 e. The molecule has 1 amide bonds. The number of anilines is 1. The van der Waals surface area contributed by atoms with Crippen LogP contribution in [-0.2, 0) is 17.6 Å². The molecule has 156 valence electrons. The molecule has 0 aliphatic carbocycles. The summed E-state index contributed by atoms with van der Waals surface area (Å²) in [7, 11) is 0. The number of nitriles is 1. The second-order valence-corrected chi connectivity index (χ2v) is 6.51. The number of benzene rings is 3. The molecule has 0 radical (unpaired) electrons. The summed E-state index contributed by atoms with van der Waals surface area (Å²) in [5, 5.41) is 11.8. The number of alkyl halides is 3. The molecule has 0 fully saturated rings. The van der Waals surface area contributed by atoms with E-state index in [9.17, 15) is 23.2 Å². The average Bonchev–Trinajstić information content (AvgIpc) is 2.77. The molecule has 7 heteroatoms. The van der Waals surface area contributed by atoms with Gasteiger partial charge >= 0.3 is 6.18 Å². The summed E-state index contributed by atoms with van der Waals surface area (Å²) in [4.78, 5) is 12.5. The fourth-order valence-electron chi connectivity index (χ4n) is 2.74. The van der Waals surface area contributed by atoms with Crippen molar-refractivity contribution in [3.05, 3.63) is 101 Å². The van der Waals surface area contributed by atoms with Gasteiger partial charge in [0.15, 0.2) is 0 Å². The fraction of sp³-hybridized carbons (Fsp3) is 0.0833. The summed E-state index contributed by atoms with van der Waals surface area (Å²) in [5.41, 5.74) is 0.216. The Morgan fingerprint density at radius 3 is 2.42 bits per heavy atom. The lowest BCUT2D eigenvalue weighted by Crippen LogP contribution is -2.14. The first-order chi connectivity index (χ1) is 14.9. The van der Waals surface area contributed by atoms with Gasteiger partial charge in [-0.05, 0) is 35.9 Å². The normalized spacial score (nSPS) is 11.5. The van der Waals surface area contributed by atoms with E-state index in [1.54, 1.807) is 30.3 Å². The molecule has 3 aromatic rings. The van der Waals surface area contributed by atoms with Crippen LogP contribution in [0.15, 0.2) is 84.4 Å². The van der Waals surface area contributed by atoms with Gasteiger partial charge in [0, 0.05) is 11.3 Å². The Kier molecular flexibility index (Phi) is 6.73. The maximum absolute atomic E-state index is 12.9. The Morgan fingerprint density at radius 2 is 1.71 bits per heavy atom. The first-order valence-electron chi connectivity index (χ1n) is 9.23. The maximum Gasteiger partial charge on any atom is 0.416 e. The highest BCUT2D eigenvalue weighted by Gasteiger charge is 2.30. The maximum atomic E-state index is 12.9. The zero-order valence-corrected chi connectivity index (χ0v) is 16.2. The highest BCUT2D eigenvalue weighted by molar-refractivity contribution is 6.09. The molecular weight excluding hydrogens is 405 g/mol. The molecule has 0 heterocycles. The van der Waals surface area contributed by atoms with Gasteiger partial charge < -0.3 is 10.1 Å². The molecule has 3 rings (SSSR count). The predicted molar refractivity (Wildman–Crippen MR) is 111 cm³/mol.